The first-order valence-electron chi connectivity index (χ1n) is 6.70. The smallest absolute Gasteiger partial charge is 0.0162 e. The maximum absolute atomic E-state index is 2.48. The Morgan fingerprint density at radius 3 is 2.25 bits per heavy atom. The van der Waals surface area contributed by atoms with Gasteiger partial charge in [0.25, 0.3) is 0 Å². The van der Waals surface area contributed by atoms with Gasteiger partial charge in [-0.3, -0.25) is 0 Å². The van der Waals surface area contributed by atoms with E-state index in [9.17, 15) is 0 Å². The predicted octanol–water partition coefficient (Wildman–Crippen LogP) is 5.08. The SMILES string of the molecule is Cc1cc(C2CCCC2)cc(C(C)C)c1C. The Morgan fingerprint density at radius 2 is 1.69 bits per heavy atom. The molecule has 0 aromatic heterocycles. The van der Waals surface area contributed by atoms with Crippen molar-refractivity contribution in [3.8, 4) is 0 Å². The molecule has 0 unspecified atom stereocenters. The highest BCUT2D eigenvalue weighted by Crippen LogP contribution is 2.36. The zero-order chi connectivity index (χ0) is 11.7. The molecule has 0 aliphatic heterocycles. The minimum atomic E-state index is 0.653. The van der Waals surface area contributed by atoms with Gasteiger partial charge in [0.05, 0.1) is 0 Å². The van der Waals surface area contributed by atoms with Gasteiger partial charge in [0.15, 0.2) is 0 Å². The third-order valence-electron chi connectivity index (χ3n) is 4.18. The van der Waals surface area contributed by atoms with E-state index in [1.165, 1.54) is 36.8 Å². The molecule has 0 radical (unpaired) electrons. The third-order valence-corrected chi connectivity index (χ3v) is 4.18. The molecule has 0 saturated heterocycles. The van der Waals surface area contributed by atoms with Crippen molar-refractivity contribution in [2.75, 3.05) is 0 Å². The van der Waals surface area contributed by atoms with Crippen LogP contribution in [-0.4, -0.2) is 0 Å². The summed E-state index contributed by atoms with van der Waals surface area (Å²) in [7, 11) is 0. The maximum atomic E-state index is 2.48. The summed E-state index contributed by atoms with van der Waals surface area (Å²) in [4.78, 5) is 0. The first-order chi connectivity index (χ1) is 7.59. The summed E-state index contributed by atoms with van der Waals surface area (Å²) in [5.41, 5.74) is 6.14. The minimum absolute atomic E-state index is 0.653. The number of aryl methyl sites for hydroxylation is 1. The van der Waals surface area contributed by atoms with Gasteiger partial charge >= 0.3 is 0 Å². The van der Waals surface area contributed by atoms with E-state index in [1.54, 1.807) is 11.1 Å². The van der Waals surface area contributed by atoms with E-state index in [4.69, 9.17) is 0 Å². The van der Waals surface area contributed by atoms with Crippen molar-refractivity contribution in [1.82, 2.24) is 0 Å². The van der Waals surface area contributed by atoms with Crippen LogP contribution >= 0.6 is 0 Å². The quantitative estimate of drug-likeness (QED) is 0.646. The van der Waals surface area contributed by atoms with Gasteiger partial charge in [0.1, 0.15) is 0 Å². The molecule has 0 heteroatoms. The summed E-state index contributed by atoms with van der Waals surface area (Å²) in [5, 5.41) is 0. The molecule has 88 valence electrons. The molecular weight excluding hydrogens is 192 g/mol. The largest absolute Gasteiger partial charge is 0.0587 e. The van der Waals surface area contributed by atoms with Crippen LogP contribution in [0.1, 0.15) is 73.6 Å². The van der Waals surface area contributed by atoms with E-state index >= 15 is 0 Å². The maximum Gasteiger partial charge on any atom is -0.0162 e. The summed E-state index contributed by atoms with van der Waals surface area (Å²) in [6.45, 7) is 9.14. The lowest BCUT2D eigenvalue weighted by Gasteiger charge is -2.18. The molecule has 1 saturated carbocycles. The lowest BCUT2D eigenvalue weighted by Crippen LogP contribution is -2.00. The fourth-order valence-electron chi connectivity index (χ4n) is 3.01. The molecule has 0 bridgehead atoms. The third kappa shape index (κ3) is 2.16. The van der Waals surface area contributed by atoms with Crippen molar-refractivity contribution in [3.63, 3.8) is 0 Å². The first kappa shape index (κ1) is 11.7. The van der Waals surface area contributed by atoms with Gasteiger partial charge in [-0.05, 0) is 60.8 Å². The fraction of sp³-hybridized carbons (Fsp3) is 0.625. The summed E-state index contributed by atoms with van der Waals surface area (Å²) >= 11 is 0. The molecule has 1 fully saturated rings. The van der Waals surface area contributed by atoms with Crippen LogP contribution in [0.15, 0.2) is 12.1 Å². The highest BCUT2D eigenvalue weighted by Gasteiger charge is 2.19. The summed E-state index contributed by atoms with van der Waals surface area (Å²) in [6.07, 6.45) is 5.66. The molecule has 1 aliphatic carbocycles. The highest BCUT2D eigenvalue weighted by atomic mass is 14.2. The van der Waals surface area contributed by atoms with Gasteiger partial charge < -0.3 is 0 Å². The zero-order valence-electron chi connectivity index (χ0n) is 11.1. The predicted molar refractivity (Wildman–Crippen MR) is 71.2 cm³/mol. The van der Waals surface area contributed by atoms with E-state index in [0.29, 0.717) is 5.92 Å². The summed E-state index contributed by atoms with van der Waals surface area (Å²) < 4.78 is 0. The molecule has 0 spiro atoms. The average Bonchev–Trinajstić information content (AvgIpc) is 2.74. The number of hydrogen-bond acceptors (Lipinski definition) is 0. The van der Waals surface area contributed by atoms with Crippen molar-refractivity contribution in [2.45, 2.75) is 65.2 Å². The Hall–Kier alpha value is -0.780. The van der Waals surface area contributed by atoms with Crippen LogP contribution in [0.25, 0.3) is 0 Å². The second-order valence-corrected chi connectivity index (χ2v) is 5.69. The van der Waals surface area contributed by atoms with Crippen LogP contribution in [0.5, 0.6) is 0 Å². The van der Waals surface area contributed by atoms with Crippen LogP contribution in [0, 0.1) is 13.8 Å². The second kappa shape index (κ2) is 4.61. The molecule has 2 rings (SSSR count). The Morgan fingerprint density at radius 1 is 1.06 bits per heavy atom. The van der Waals surface area contributed by atoms with E-state index in [0.717, 1.165) is 5.92 Å². The monoisotopic (exact) mass is 216 g/mol. The van der Waals surface area contributed by atoms with Gasteiger partial charge in [0, 0.05) is 0 Å². The van der Waals surface area contributed by atoms with Crippen molar-refractivity contribution >= 4 is 0 Å². The van der Waals surface area contributed by atoms with Gasteiger partial charge in [-0.2, -0.15) is 0 Å². The molecule has 1 aromatic rings. The van der Waals surface area contributed by atoms with Gasteiger partial charge in [-0.25, -0.2) is 0 Å². The molecule has 0 amide bonds. The van der Waals surface area contributed by atoms with Gasteiger partial charge in [-0.15, -0.1) is 0 Å². The van der Waals surface area contributed by atoms with Crippen molar-refractivity contribution in [2.24, 2.45) is 0 Å². The molecule has 0 heterocycles. The molecule has 0 nitrogen and oxygen atoms in total. The minimum Gasteiger partial charge on any atom is -0.0587 e. The van der Waals surface area contributed by atoms with E-state index in [-0.39, 0.29) is 0 Å². The van der Waals surface area contributed by atoms with Crippen LogP contribution < -0.4 is 0 Å². The van der Waals surface area contributed by atoms with Crippen LogP contribution in [0.2, 0.25) is 0 Å². The molecule has 0 N–H and O–H groups in total. The fourth-order valence-corrected chi connectivity index (χ4v) is 3.01. The second-order valence-electron chi connectivity index (χ2n) is 5.69. The zero-order valence-corrected chi connectivity index (χ0v) is 11.1. The first-order valence-corrected chi connectivity index (χ1v) is 6.70. The number of hydrogen-bond donors (Lipinski definition) is 0. The molecule has 1 aliphatic rings. The summed E-state index contributed by atoms with van der Waals surface area (Å²) in [6, 6.07) is 4.90. The lowest BCUT2D eigenvalue weighted by molar-refractivity contribution is 0.717. The lowest BCUT2D eigenvalue weighted by atomic mass is 9.87. The van der Waals surface area contributed by atoms with Crippen LogP contribution in [0.3, 0.4) is 0 Å². The molecule has 1 aromatic carbocycles. The van der Waals surface area contributed by atoms with E-state index in [2.05, 4.69) is 39.8 Å². The standard InChI is InChI=1S/C16H24/c1-11(2)16-10-15(9-12(3)13(16)4)14-7-5-6-8-14/h9-11,14H,5-8H2,1-4H3. The normalized spacial score (nSPS) is 17.3. The Labute approximate surface area is 100 Å². The Balaban J connectivity index is 2.39. The van der Waals surface area contributed by atoms with Crippen LogP contribution in [-0.2, 0) is 0 Å². The Kier molecular flexibility index (Phi) is 3.37. The van der Waals surface area contributed by atoms with E-state index < -0.39 is 0 Å². The van der Waals surface area contributed by atoms with Crippen molar-refractivity contribution in [3.05, 3.63) is 34.4 Å². The van der Waals surface area contributed by atoms with Crippen LogP contribution in [0.4, 0.5) is 0 Å². The Bertz CT molecular complexity index is 368. The molecule has 0 atom stereocenters. The van der Waals surface area contributed by atoms with Crippen molar-refractivity contribution < 1.29 is 0 Å². The number of benzene rings is 1. The summed E-state index contributed by atoms with van der Waals surface area (Å²) in [5.74, 6) is 1.50. The topological polar surface area (TPSA) is 0 Å². The molecule has 16 heavy (non-hydrogen) atoms. The van der Waals surface area contributed by atoms with Gasteiger partial charge in [0.2, 0.25) is 0 Å². The highest BCUT2D eigenvalue weighted by molar-refractivity contribution is 5.40. The average molecular weight is 216 g/mol. The van der Waals surface area contributed by atoms with E-state index in [1.807, 2.05) is 0 Å². The van der Waals surface area contributed by atoms with Crippen molar-refractivity contribution in [1.29, 1.82) is 0 Å². The van der Waals surface area contributed by atoms with Gasteiger partial charge in [-0.1, -0.05) is 38.8 Å². The molecular formula is C16H24. The number of rotatable bonds is 2.